The second-order valence-corrected chi connectivity index (χ2v) is 5.01. The lowest BCUT2D eigenvalue weighted by molar-refractivity contribution is 0.0693. The summed E-state index contributed by atoms with van der Waals surface area (Å²) in [5.74, 6) is -0.515. The average Bonchev–Trinajstić information content (AvgIpc) is 2.39. The molecule has 0 unspecified atom stereocenters. The fourth-order valence-corrected chi connectivity index (χ4v) is 2.05. The normalized spacial score (nSPS) is 10.7. The Morgan fingerprint density at radius 2 is 1.81 bits per heavy atom. The van der Waals surface area contributed by atoms with Crippen molar-refractivity contribution in [2.24, 2.45) is 0 Å². The molecule has 110 valence electrons. The lowest BCUT2D eigenvalue weighted by Crippen LogP contribution is -2.26. The van der Waals surface area contributed by atoms with E-state index in [0.717, 1.165) is 0 Å². The molecule has 21 heavy (non-hydrogen) atoms. The third-order valence-electron chi connectivity index (χ3n) is 3.00. The first-order chi connectivity index (χ1) is 9.90. The van der Waals surface area contributed by atoms with E-state index in [1.54, 1.807) is 43.5 Å². The molecule has 0 radical (unpaired) electrons. The molecule has 0 spiro atoms. The van der Waals surface area contributed by atoms with Crippen molar-refractivity contribution in [3.8, 4) is 11.4 Å². The van der Waals surface area contributed by atoms with Crippen molar-refractivity contribution in [1.29, 1.82) is 0 Å². The molecule has 1 aromatic carbocycles. The summed E-state index contributed by atoms with van der Waals surface area (Å²) in [6.45, 7) is 5.46. The Bertz CT molecular complexity index is 714. The van der Waals surface area contributed by atoms with Gasteiger partial charge in [0.1, 0.15) is 11.3 Å². The van der Waals surface area contributed by atoms with Gasteiger partial charge in [-0.05, 0) is 56.7 Å². The molecule has 0 aliphatic heterocycles. The van der Waals surface area contributed by atoms with Gasteiger partial charge in [0, 0.05) is 11.9 Å². The Kier molecular flexibility index (Phi) is 4.12. The van der Waals surface area contributed by atoms with Crippen LogP contribution in [0.25, 0.3) is 5.69 Å². The summed E-state index contributed by atoms with van der Waals surface area (Å²) in [5, 5.41) is 9.13. The lowest BCUT2D eigenvalue weighted by atomic mass is 10.1. The van der Waals surface area contributed by atoms with Gasteiger partial charge in [-0.15, -0.1) is 0 Å². The zero-order valence-corrected chi connectivity index (χ0v) is 12.2. The number of aryl methyl sites for hydroxylation is 1. The van der Waals surface area contributed by atoms with Crippen LogP contribution < -0.4 is 10.3 Å². The molecule has 1 heterocycles. The van der Waals surface area contributed by atoms with E-state index in [9.17, 15) is 9.59 Å². The second kappa shape index (κ2) is 5.83. The number of hydrogen-bond acceptors (Lipinski definition) is 3. The number of pyridine rings is 1. The molecule has 0 saturated heterocycles. The van der Waals surface area contributed by atoms with Crippen molar-refractivity contribution < 1.29 is 14.6 Å². The monoisotopic (exact) mass is 287 g/mol. The maximum Gasteiger partial charge on any atom is 0.341 e. The Morgan fingerprint density at radius 3 is 2.33 bits per heavy atom. The summed E-state index contributed by atoms with van der Waals surface area (Å²) in [5.41, 5.74) is 0.294. The largest absolute Gasteiger partial charge is 0.491 e. The second-order valence-electron chi connectivity index (χ2n) is 5.01. The van der Waals surface area contributed by atoms with Crippen LogP contribution in [0.1, 0.15) is 29.8 Å². The van der Waals surface area contributed by atoms with Gasteiger partial charge >= 0.3 is 5.97 Å². The first-order valence-corrected chi connectivity index (χ1v) is 6.63. The maximum absolute atomic E-state index is 12.2. The lowest BCUT2D eigenvalue weighted by Gasteiger charge is -2.12. The van der Waals surface area contributed by atoms with Crippen LogP contribution in [0.3, 0.4) is 0 Å². The van der Waals surface area contributed by atoms with Crippen LogP contribution in [0.15, 0.2) is 41.3 Å². The average molecular weight is 287 g/mol. The highest BCUT2D eigenvalue weighted by Crippen LogP contribution is 2.16. The van der Waals surface area contributed by atoms with E-state index in [0.29, 0.717) is 17.0 Å². The maximum atomic E-state index is 12.2. The summed E-state index contributed by atoms with van der Waals surface area (Å²) in [6.07, 6.45) is 1.64. The highest BCUT2D eigenvalue weighted by molar-refractivity contribution is 5.88. The third-order valence-corrected chi connectivity index (χ3v) is 3.00. The van der Waals surface area contributed by atoms with Crippen LogP contribution in [0.2, 0.25) is 0 Å². The number of carbonyl (C=O) groups is 1. The molecule has 0 amide bonds. The quantitative estimate of drug-likeness (QED) is 0.938. The van der Waals surface area contributed by atoms with Crippen molar-refractivity contribution >= 4 is 5.97 Å². The number of benzene rings is 1. The van der Waals surface area contributed by atoms with Gasteiger partial charge in [-0.25, -0.2) is 4.79 Å². The first kappa shape index (κ1) is 14.8. The number of rotatable bonds is 4. The van der Waals surface area contributed by atoms with E-state index < -0.39 is 11.5 Å². The van der Waals surface area contributed by atoms with E-state index in [1.165, 1.54) is 4.57 Å². The van der Waals surface area contributed by atoms with E-state index in [-0.39, 0.29) is 11.7 Å². The topological polar surface area (TPSA) is 68.5 Å². The number of aromatic carboxylic acids is 1. The standard InChI is InChI=1S/C16H17NO4/c1-10(2)21-13-6-4-12(5-7-13)17-9-8-11(3)14(15(17)18)16(19)20/h4-10H,1-3H3,(H,19,20). The van der Waals surface area contributed by atoms with Crippen LogP contribution in [0.4, 0.5) is 0 Å². The Balaban J connectivity index is 2.46. The van der Waals surface area contributed by atoms with Crippen LogP contribution in [0, 0.1) is 6.92 Å². The molecule has 2 aromatic rings. The number of aromatic nitrogens is 1. The predicted octanol–water partition coefficient (Wildman–Crippen LogP) is 2.63. The van der Waals surface area contributed by atoms with Crippen molar-refractivity contribution in [3.05, 3.63) is 58.0 Å². The van der Waals surface area contributed by atoms with Crippen molar-refractivity contribution in [2.45, 2.75) is 26.9 Å². The Morgan fingerprint density at radius 1 is 1.19 bits per heavy atom. The fraction of sp³-hybridized carbons (Fsp3) is 0.250. The van der Waals surface area contributed by atoms with Crippen LogP contribution in [-0.4, -0.2) is 21.7 Å². The number of nitrogens with zero attached hydrogens (tertiary/aromatic N) is 1. The first-order valence-electron chi connectivity index (χ1n) is 6.63. The SMILES string of the molecule is Cc1ccn(-c2ccc(OC(C)C)cc2)c(=O)c1C(=O)O. The minimum atomic E-state index is -1.22. The molecule has 2 rings (SSSR count). The zero-order chi connectivity index (χ0) is 15.6. The number of carboxylic acids is 1. The van der Waals surface area contributed by atoms with Gasteiger partial charge in [0.2, 0.25) is 0 Å². The highest BCUT2D eigenvalue weighted by atomic mass is 16.5. The van der Waals surface area contributed by atoms with Gasteiger partial charge < -0.3 is 9.84 Å². The van der Waals surface area contributed by atoms with Crippen molar-refractivity contribution in [1.82, 2.24) is 4.57 Å². The van der Waals surface area contributed by atoms with E-state index in [2.05, 4.69) is 0 Å². The van der Waals surface area contributed by atoms with E-state index in [4.69, 9.17) is 9.84 Å². The predicted molar refractivity (Wildman–Crippen MR) is 79.5 cm³/mol. The summed E-state index contributed by atoms with van der Waals surface area (Å²) < 4.78 is 6.85. The van der Waals surface area contributed by atoms with Crippen LogP contribution in [-0.2, 0) is 0 Å². The zero-order valence-electron chi connectivity index (χ0n) is 12.2. The molecule has 5 nitrogen and oxygen atoms in total. The van der Waals surface area contributed by atoms with Crippen molar-refractivity contribution in [2.75, 3.05) is 0 Å². The summed E-state index contributed by atoms with van der Waals surface area (Å²) in [7, 11) is 0. The van der Waals surface area contributed by atoms with Crippen molar-refractivity contribution in [3.63, 3.8) is 0 Å². The minimum Gasteiger partial charge on any atom is -0.491 e. The summed E-state index contributed by atoms with van der Waals surface area (Å²) >= 11 is 0. The van der Waals surface area contributed by atoms with E-state index in [1.807, 2.05) is 13.8 Å². The molecule has 0 aliphatic carbocycles. The molecule has 1 N–H and O–H groups in total. The molecule has 0 aliphatic rings. The van der Waals surface area contributed by atoms with Gasteiger partial charge in [0.25, 0.3) is 5.56 Å². The smallest absolute Gasteiger partial charge is 0.341 e. The van der Waals surface area contributed by atoms with Gasteiger partial charge in [-0.1, -0.05) is 0 Å². The van der Waals surface area contributed by atoms with Gasteiger partial charge in [0.05, 0.1) is 6.10 Å². The molecule has 0 saturated carbocycles. The van der Waals surface area contributed by atoms with Gasteiger partial charge in [-0.2, -0.15) is 0 Å². The minimum absolute atomic E-state index is 0.0663. The fourth-order valence-electron chi connectivity index (χ4n) is 2.05. The van der Waals surface area contributed by atoms with Crippen LogP contribution >= 0.6 is 0 Å². The third kappa shape index (κ3) is 3.13. The molecule has 0 bridgehead atoms. The van der Waals surface area contributed by atoms with E-state index >= 15 is 0 Å². The Labute approximate surface area is 122 Å². The molecular formula is C16H17NO4. The number of carboxylic acid groups (broad SMARTS) is 1. The molecule has 1 aromatic heterocycles. The van der Waals surface area contributed by atoms with Gasteiger partial charge in [-0.3, -0.25) is 9.36 Å². The molecule has 5 heteroatoms. The Hall–Kier alpha value is -2.56. The molecule has 0 fully saturated rings. The molecular weight excluding hydrogens is 270 g/mol. The van der Waals surface area contributed by atoms with Gasteiger partial charge in [0.15, 0.2) is 0 Å². The van der Waals surface area contributed by atoms with Crippen LogP contribution in [0.5, 0.6) is 5.75 Å². The summed E-state index contributed by atoms with van der Waals surface area (Å²) in [6, 6.07) is 8.56. The summed E-state index contributed by atoms with van der Waals surface area (Å²) in [4.78, 5) is 23.4. The number of hydrogen-bond donors (Lipinski definition) is 1. The number of ether oxygens (including phenoxy) is 1. The molecule has 0 atom stereocenters. The highest BCUT2D eigenvalue weighted by Gasteiger charge is 2.15.